The molecule has 4 heteroatoms. The third-order valence-electron chi connectivity index (χ3n) is 6.52. The van der Waals surface area contributed by atoms with Gasteiger partial charge < -0.3 is 9.88 Å². The molecule has 2 nitrogen and oxygen atoms in total. The summed E-state index contributed by atoms with van der Waals surface area (Å²) in [5, 5.41) is 1.31. The van der Waals surface area contributed by atoms with E-state index >= 15 is 0 Å². The maximum absolute atomic E-state index is 13.9. The van der Waals surface area contributed by atoms with E-state index in [4.69, 9.17) is 0 Å². The Morgan fingerprint density at radius 1 is 0.871 bits per heavy atom. The van der Waals surface area contributed by atoms with Gasteiger partial charge in [-0.05, 0) is 67.1 Å². The summed E-state index contributed by atoms with van der Waals surface area (Å²) in [4.78, 5) is 6.06. The van der Waals surface area contributed by atoms with E-state index in [1.165, 1.54) is 33.8 Å². The lowest BCUT2D eigenvalue weighted by Crippen LogP contribution is -2.34. The monoisotopic (exact) mass is 416 g/mol. The molecule has 158 valence electrons. The average Bonchev–Trinajstić information content (AvgIpc) is 3.19. The van der Waals surface area contributed by atoms with Crippen LogP contribution in [0.1, 0.15) is 29.9 Å². The van der Waals surface area contributed by atoms with Crippen LogP contribution in [0.4, 0.5) is 8.78 Å². The molecule has 3 aromatic carbocycles. The van der Waals surface area contributed by atoms with Gasteiger partial charge in [0.1, 0.15) is 11.6 Å². The van der Waals surface area contributed by atoms with Crippen LogP contribution < -0.4 is 0 Å². The van der Waals surface area contributed by atoms with Gasteiger partial charge in [-0.15, -0.1) is 0 Å². The van der Waals surface area contributed by atoms with Crippen molar-refractivity contribution in [3.63, 3.8) is 0 Å². The molecule has 0 atom stereocenters. The highest BCUT2D eigenvalue weighted by atomic mass is 19.1. The number of para-hydroxylation sites is 1. The van der Waals surface area contributed by atoms with Gasteiger partial charge in [-0.3, -0.25) is 0 Å². The lowest BCUT2D eigenvalue weighted by molar-refractivity contribution is 0.214. The Morgan fingerprint density at radius 3 is 2.39 bits per heavy atom. The van der Waals surface area contributed by atoms with Crippen molar-refractivity contribution in [2.45, 2.75) is 25.2 Å². The molecule has 0 amide bonds. The van der Waals surface area contributed by atoms with E-state index < -0.39 is 11.6 Å². The Bertz CT molecular complexity index is 1170. The number of hydrogen-bond donors (Lipinski definition) is 1. The zero-order valence-electron chi connectivity index (χ0n) is 17.5. The highest BCUT2D eigenvalue weighted by molar-refractivity contribution is 5.91. The predicted molar refractivity (Wildman–Crippen MR) is 122 cm³/mol. The van der Waals surface area contributed by atoms with Crippen LogP contribution in [0.3, 0.4) is 0 Å². The number of nitrogens with zero attached hydrogens (tertiary/aromatic N) is 1. The van der Waals surface area contributed by atoms with E-state index in [1.54, 1.807) is 6.07 Å². The van der Waals surface area contributed by atoms with Crippen LogP contribution in [-0.2, 0) is 6.42 Å². The van der Waals surface area contributed by atoms with Crippen molar-refractivity contribution in [1.82, 2.24) is 9.88 Å². The number of likely N-dealkylation sites (tertiary alicyclic amines) is 1. The number of halogens is 2. The Morgan fingerprint density at radius 2 is 1.61 bits per heavy atom. The molecule has 4 aromatic rings. The molecule has 1 fully saturated rings. The fourth-order valence-electron chi connectivity index (χ4n) is 4.87. The van der Waals surface area contributed by atoms with Crippen molar-refractivity contribution < 1.29 is 8.78 Å². The normalized spacial score (nSPS) is 15.5. The fraction of sp³-hybridized carbons (Fsp3) is 0.259. The van der Waals surface area contributed by atoms with Crippen molar-refractivity contribution in [3.05, 3.63) is 95.6 Å². The Kier molecular flexibility index (Phi) is 5.56. The maximum Gasteiger partial charge on any atom is 0.129 e. The summed E-state index contributed by atoms with van der Waals surface area (Å²) in [5.41, 5.74) is 5.65. The van der Waals surface area contributed by atoms with Crippen LogP contribution >= 0.6 is 0 Å². The van der Waals surface area contributed by atoms with E-state index in [-0.39, 0.29) is 0 Å². The van der Waals surface area contributed by atoms with Crippen LogP contribution in [0.15, 0.2) is 72.8 Å². The van der Waals surface area contributed by atoms with Crippen molar-refractivity contribution in [1.29, 1.82) is 0 Å². The minimum Gasteiger partial charge on any atom is -0.354 e. The average molecular weight is 417 g/mol. The first-order valence-electron chi connectivity index (χ1n) is 11.0. The van der Waals surface area contributed by atoms with Gasteiger partial charge in [0.05, 0.1) is 0 Å². The summed E-state index contributed by atoms with van der Waals surface area (Å²) >= 11 is 0. The second-order valence-electron chi connectivity index (χ2n) is 8.43. The van der Waals surface area contributed by atoms with Gasteiger partial charge in [0, 0.05) is 29.2 Å². The standard InChI is InChI=1S/C27H26F2N2/c28-22-11-10-19(24(29)18-22)12-15-31-16-13-20(14-17-31)26-23-8-4-5-9-25(23)30-27(26)21-6-2-1-3-7-21/h1-11,18,20,30H,12-17H2. The Balaban J connectivity index is 1.32. The van der Waals surface area contributed by atoms with E-state index in [2.05, 4.69) is 58.4 Å². The second-order valence-corrected chi connectivity index (χ2v) is 8.43. The van der Waals surface area contributed by atoms with Crippen LogP contribution in [0.5, 0.6) is 0 Å². The summed E-state index contributed by atoms with van der Waals surface area (Å²) < 4.78 is 27.1. The molecule has 0 unspecified atom stereocenters. The second kappa shape index (κ2) is 8.64. The number of H-pyrrole nitrogens is 1. The number of hydrogen-bond acceptors (Lipinski definition) is 1. The van der Waals surface area contributed by atoms with E-state index in [9.17, 15) is 8.78 Å². The largest absolute Gasteiger partial charge is 0.354 e. The molecule has 1 aliphatic heterocycles. The quantitative estimate of drug-likeness (QED) is 0.392. The highest BCUT2D eigenvalue weighted by Gasteiger charge is 2.26. The van der Waals surface area contributed by atoms with Crippen LogP contribution in [0.2, 0.25) is 0 Å². The molecule has 0 saturated carbocycles. The van der Waals surface area contributed by atoms with Crippen molar-refractivity contribution in [3.8, 4) is 11.3 Å². The number of nitrogens with one attached hydrogen (secondary N) is 1. The Labute approximate surface area is 181 Å². The zero-order chi connectivity index (χ0) is 21.2. The highest BCUT2D eigenvalue weighted by Crippen LogP contribution is 2.40. The molecular weight excluding hydrogens is 390 g/mol. The summed E-state index contributed by atoms with van der Waals surface area (Å²) in [6.07, 6.45) is 2.76. The zero-order valence-corrected chi connectivity index (χ0v) is 17.5. The topological polar surface area (TPSA) is 19.0 Å². The van der Waals surface area contributed by atoms with E-state index in [1.807, 2.05) is 6.07 Å². The number of aromatic amines is 1. The molecule has 5 rings (SSSR count). The molecule has 31 heavy (non-hydrogen) atoms. The molecule has 1 N–H and O–H groups in total. The Hall–Kier alpha value is -2.98. The van der Waals surface area contributed by atoms with Crippen LogP contribution in [-0.4, -0.2) is 29.5 Å². The molecule has 1 aliphatic rings. The minimum absolute atomic E-state index is 0.443. The lowest BCUT2D eigenvalue weighted by atomic mass is 9.86. The lowest BCUT2D eigenvalue weighted by Gasteiger charge is -2.32. The first kappa shape index (κ1) is 20.0. The van der Waals surface area contributed by atoms with Crippen LogP contribution in [0.25, 0.3) is 22.2 Å². The smallest absolute Gasteiger partial charge is 0.129 e. The third kappa shape index (κ3) is 4.13. The molecule has 0 radical (unpaired) electrons. The van der Waals surface area contributed by atoms with Gasteiger partial charge in [0.15, 0.2) is 0 Å². The molecule has 2 heterocycles. The number of piperidine rings is 1. The van der Waals surface area contributed by atoms with E-state index in [0.29, 0.717) is 17.9 Å². The number of fused-ring (bicyclic) bond motifs is 1. The van der Waals surface area contributed by atoms with Crippen molar-refractivity contribution >= 4 is 10.9 Å². The first-order chi connectivity index (χ1) is 15.2. The predicted octanol–water partition coefficient (Wildman–Crippen LogP) is 6.54. The van der Waals surface area contributed by atoms with Gasteiger partial charge in [-0.1, -0.05) is 54.6 Å². The number of rotatable bonds is 5. The molecule has 1 saturated heterocycles. The fourth-order valence-corrected chi connectivity index (χ4v) is 4.87. The van der Waals surface area contributed by atoms with Gasteiger partial charge in [-0.2, -0.15) is 0 Å². The molecule has 0 spiro atoms. The van der Waals surface area contributed by atoms with Crippen molar-refractivity contribution in [2.24, 2.45) is 0 Å². The number of aromatic nitrogens is 1. The summed E-state index contributed by atoms with van der Waals surface area (Å²) in [6, 6.07) is 23.0. The van der Waals surface area contributed by atoms with Gasteiger partial charge in [0.25, 0.3) is 0 Å². The summed E-state index contributed by atoms with van der Waals surface area (Å²) in [7, 11) is 0. The van der Waals surface area contributed by atoms with Gasteiger partial charge in [-0.25, -0.2) is 8.78 Å². The first-order valence-corrected chi connectivity index (χ1v) is 11.0. The van der Waals surface area contributed by atoms with Gasteiger partial charge >= 0.3 is 0 Å². The molecule has 0 bridgehead atoms. The third-order valence-corrected chi connectivity index (χ3v) is 6.52. The SMILES string of the molecule is Fc1ccc(CCN2CCC(c3c(-c4ccccc4)[nH]c4ccccc34)CC2)c(F)c1. The van der Waals surface area contributed by atoms with Gasteiger partial charge in [0.2, 0.25) is 0 Å². The number of benzene rings is 3. The van der Waals surface area contributed by atoms with E-state index in [0.717, 1.165) is 38.5 Å². The molecular formula is C27H26F2N2. The minimum atomic E-state index is -0.519. The molecule has 1 aromatic heterocycles. The summed E-state index contributed by atoms with van der Waals surface area (Å²) in [5.74, 6) is -0.471. The summed E-state index contributed by atoms with van der Waals surface area (Å²) in [6.45, 7) is 2.77. The molecule has 0 aliphatic carbocycles. The maximum atomic E-state index is 13.9. The van der Waals surface area contributed by atoms with Crippen molar-refractivity contribution in [2.75, 3.05) is 19.6 Å². The van der Waals surface area contributed by atoms with Crippen LogP contribution in [0, 0.1) is 11.6 Å².